The Bertz CT molecular complexity index is 389. The van der Waals surface area contributed by atoms with E-state index >= 15 is 0 Å². The number of rotatable bonds is 9. The molecule has 0 saturated carbocycles. The first kappa shape index (κ1) is 18.0. The van der Waals surface area contributed by atoms with Crippen molar-refractivity contribution in [1.29, 1.82) is 0 Å². The fourth-order valence-corrected chi connectivity index (χ4v) is 3.43. The highest BCUT2D eigenvalue weighted by molar-refractivity contribution is 8.00. The molecule has 120 valence electrons. The number of hydrogen-bond acceptors (Lipinski definition) is 5. The van der Waals surface area contributed by atoms with Crippen molar-refractivity contribution in [1.82, 2.24) is 10.6 Å². The number of aliphatic carboxylic acids is 1. The van der Waals surface area contributed by atoms with Crippen LogP contribution in [0, 0.1) is 0 Å². The Morgan fingerprint density at radius 3 is 2.67 bits per heavy atom. The standard InChI is InChI=1S/C14H24N2O4S/c1-3-4-7-15-13-11(18)5-6-12(13)21-8-10(14(19)20)16-9(2)17/h5-6,10-13,15,18H,3-4,7-8H2,1-2H3,(H,16,17)(H,19,20)/t10-,11-,12+,13+/m0/s1. The zero-order valence-electron chi connectivity index (χ0n) is 12.4. The van der Waals surface area contributed by atoms with Crippen molar-refractivity contribution >= 4 is 23.6 Å². The zero-order chi connectivity index (χ0) is 15.8. The zero-order valence-corrected chi connectivity index (χ0v) is 13.2. The van der Waals surface area contributed by atoms with Crippen molar-refractivity contribution < 1.29 is 19.8 Å². The molecule has 0 aliphatic heterocycles. The van der Waals surface area contributed by atoms with E-state index < -0.39 is 18.1 Å². The van der Waals surface area contributed by atoms with Gasteiger partial charge in [0.25, 0.3) is 0 Å². The summed E-state index contributed by atoms with van der Waals surface area (Å²) in [6.07, 6.45) is 5.18. The third-order valence-electron chi connectivity index (χ3n) is 3.26. The molecule has 0 aromatic heterocycles. The van der Waals surface area contributed by atoms with Crippen molar-refractivity contribution in [3.8, 4) is 0 Å². The van der Waals surface area contributed by atoms with E-state index in [4.69, 9.17) is 5.11 Å². The second-order valence-electron chi connectivity index (χ2n) is 5.10. The van der Waals surface area contributed by atoms with Crippen molar-refractivity contribution in [2.45, 2.75) is 50.1 Å². The van der Waals surface area contributed by atoms with E-state index in [-0.39, 0.29) is 23.0 Å². The molecule has 0 bridgehead atoms. The van der Waals surface area contributed by atoms with Gasteiger partial charge >= 0.3 is 5.97 Å². The normalized spacial score (nSPS) is 25.8. The number of amides is 1. The van der Waals surface area contributed by atoms with Gasteiger partial charge in [-0.25, -0.2) is 4.79 Å². The molecule has 0 spiro atoms. The van der Waals surface area contributed by atoms with E-state index in [1.807, 2.05) is 6.08 Å². The maximum atomic E-state index is 11.1. The molecule has 1 rings (SSSR count). The number of hydrogen-bond donors (Lipinski definition) is 4. The average molecular weight is 316 g/mol. The minimum Gasteiger partial charge on any atom is -0.480 e. The third kappa shape index (κ3) is 6.07. The first-order chi connectivity index (χ1) is 9.95. The Labute approximate surface area is 129 Å². The molecule has 0 saturated heterocycles. The Hall–Kier alpha value is -1.05. The number of carbonyl (C=O) groups excluding carboxylic acids is 1. The lowest BCUT2D eigenvalue weighted by Gasteiger charge is -2.24. The van der Waals surface area contributed by atoms with Gasteiger partial charge < -0.3 is 20.8 Å². The van der Waals surface area contributed by atoms with Gasteiger partial charge in [-0.15, -0.1) is 11.8 Å². The Kier molecular flexibility index (Phi) is 7.77. The van der Waals surface area contributed by atoms with Crippen molar-refractivity contribution in [2.24, 2.45) is 0 Å². The van der Waals surface area contributed by atoms with Gasteiger partial charge in [-0.3, -0.25) is 4.79 Å². The highest BCUT2D eigenvalue weighted by Gasteiger charge is 2.31. The predicted molar refractivity (Wildman–Crippen MR) is 83.3 cm³/mol. The Morgan fingerprint density at radius 1 is 1.38 bits per heavy atom. The molecule has 0 aromatic rings. The number of carboxylic acid groups (broad SMARTS) is 1. The maximum absolute atomic E-state index is 11.1. The number of nitrogens with one attached hydrogen (secondary N) is 2. The van der Waals surface area contributed by atoms with Crippen LogP contribution in [0.2, 0.25) is 0 Å². The van der Waals surface area contributed by atoms with Gasteiger partial charge in [0.05, 0.1) is 12.1 Å². The lowest BCUT2D eigenvalue weighted by atomic mass is 10.2. The molecule has 0 aromatic carbocycles. The Morgan fingerprint density at radius 2 is 2.10 bits per heavy atom. The summed E-state index contributed by atoms with van der Waals surface area (Å²) in [4.78, 5) is 22.1. The van der Waals surface area contributed by atoms with Crippen molar-refractivity contribution in [2.75, 3.05) is 12.3 Å². The largest absolute Gasteiger partial charge is 0.480 e. The van der Waals surface area contributed by atoms with Gasteiger partial charge in [0.15, 0.2) is 0 Å². The summed E-state index contributed by atoms with van der Waals surface area (Å²) in [7, 11) is 0. The number of unbranched alkanes of at least 4 members (excludes halogenated alkanes) is 1. The topological polar surface area (TPSA) is 98.7 Å². The minimum absolute atomic E-state index is 0.00691. The number of carboxylic acids is 1. The van der Waals surface area contributed by atoms with Crippen LogP contribution in [0.1, 0.15) is 26.7 Å². The van der Waals surface area contributed by atoms with E-state index in [1.165, 1.54) is 18.7 Å². The average Bonchev–Trinajstić information content (AvgIpc) is 2.75. The monoisotopic (exact) mass is 316 g/mol. The number of aliphatic hydroxyl groups excluding tert-OH is 1. The molecule has 7 heteroatoms. The molecule has 0 heterocycles. The molecule has 4 N–H and O–H groups in total. The summed E-state index contributed by atoms with van der Waals surface area (Å²) in [6, 6.07) is -1.01. The van der Waals surface area contributed by atoms with Crippen LogP contribution in [-0.2, 0) is 9.59 Å². The van der Waals surface area contributed by atoms with E-state index in [2.05, 4.69) is 17.6 Å². The summed E-state index contributed by atoms with van der Waals surface area (Å²) in [5, 5.41) is 24.7. The second-order valence-corrected chi connectivity index (χ2v) is 6.31. The van der Waals surface area contributed by atoms with Crippen LogP contribution in [0.15, 0.2) is 12.2 Å². The highest BCUT2D eigenvalue weighted by atomic mass is 32.2. The quantitative estimate of drug-likeness (QED) is 0.362. The fourth-order valence-electron chi connectivity index (χ4n) is 2.13. The van der Waals surface area contributed by atoms with Crippen LogP contribution in [0.5, 0.6) is 0 Å². The smallest absolute Gasteiger partial charge is 0.327 e. The van der Waals surface area contributed by atoms with Crippen LogP contribution in [0.3, 0.4) is 0 Å². The molecular formula is C14H24N2O4S. The molecule has 4 atom stereocenters. The molecule has 1 aliphatic rings. The molecule has 0 fully saturated rings. The first-order valence-corrected chi connectivity index (χ1v) is 8.21. The van der Waals surface area contributed by atoms with Crippen LogP contribution in [0.25, 0.3) is 0 Å². The van der Waals surface area contributed by atoms with Gasteiger partial charge in [0.2, 0.25) is 5.91 Å². The maximum Gasteiger partial charge on any atom is 0.327 e. The molecule has 21 heavy (non-hydrogen) atoms. The SMILES string of the molecule is CCCCN[C@@H]1[C@@H](O)C=C[C@H]1SC[C@H](NC(C)=O)C(=O)O. The van der Waals surface area contributed by atoms with E-state index in [0.29, 0.717) is 0 Å². The molecule has 1 amide bonds. The molecule has 0 unspecified atom stereocenters. The van der Waals surface area contributed by atoms with Gasteiger partial charge in [0.1, 0.15) is 6.04 Å². The summed E-state index contributed by atoms with van der Waals surface area (Å²) < 4.78 is 0. The van der Waals surface area contributed by atoms with Crippen LogP contribution in [-0.4, -0.2) is 57.8 Å². The number of aliphatic hydroxyl groups is 1. The van der Waals surface area contributed by atoms with Gasteiger partial charge in [-0.2, -0.15) is 0 Å². The molecule has 1 aliphatic carbocycles. The summed E-state index contributed by atoms with van der Waals surface area (Å²) in [5.41, 5.74) is 0. The van der Waals surface area contributed by atoms with E-state index in [1.54, 1.807) is 6.08 Å². The molecular weight excluding hydrogens is 292 g/mol. The molecule has 0 radical (unpaired) electrons. The summed E-state index contributed by atoms with van der Waals surface area (Å²) in [5.74, 6) is -1.14. The van der Waals surface area contributed by atoms with Gasteiger partial charge in [-0.1, -0.05) is 25.5 Å². The van der Waals surface area contributed by atoms with Crippen molar-refractivity contribution in [3.05, 3.63) is 12.2 Å². The van der Waals surface area contributed by atoms with Gasteiger partial charge in [-0.05, 0) is 13.0 Å². The Balaban J connectivity index is 2.49. The van der Waals surface area contributed by atoms with Crippen LogP contribution in [0.4, 0.5) is 0 Å². The van der Waals surface area contributed by atoms with Crippen molar-refractivity contribution in [3.63, 3.8) is 0 Å². The highest BCUT2D eigenvalue weighted by Crippen LogP contribution is 2.25. The van der Waals surface area contributed by atoms with Gasteiger partial charge in [0, 0.05) is 17.9 Å². The summed E-state index contributed by atoms with van der Waals surface area (Å²) in [6.45, 7) is 4.22. The lowest BCUT2D eigenvalue weighted by Crippen LogP contribution is -2.45. The summed E-state index contributed by atoms with van der Waals surface area (Å²) >= 11 is 1.43. The first-order valence-electron chi connectivity index (χ1n) is 7.17. The third-order valence-corrected chi connectivity index (χ3v) is 4.62. The minimum atomic E-state index is -1.05. The number of carbonyl (C=O) groups is 2. The molecule has 6 nitrogen and oxygen atoms in total. The van der Waals surface area contributed by atoms with Crippen LogP contribution < -0.4 is 10.6 Å². The second kappa shape index (κ2) is 9.07. The fraction of sp³-hybridized carbons (Fsp3) is 0.714. The van der Waals surface area contributed by atoms with E-state index in [9.17, 15) is 14.7 Å². The predicted octanol–water partition coefficient (Wildman–Crippen LogP) is 0.367. The van der Waals surface area contributed by atoms with Crippen LogP contribution >= 0.6 is 11.8 Å². The number of thioether (sulfide) groups is 1. The van der Waals surface area contributed by atoms with E-state index in [0.717, 1.165) is 19.4 Å². The lowest BCUT2D eigenvalue weighted by molar-refractivity contribution is -0.140.